The van der Waals surface area contributed by atoms with E-state index in [-0.39, 0.29) is 5.56 Å². The molecule has 114 valence electrons. The molecule has 3 rings (SSSR count). The van der Waals surface area contributed by atoms with E-state index in [1.54, 1.807) is 6.07 Å². The van der Waals surface area contributed by atoms with Crippen LogP contribution >= 0.6 is 0 Å². The van der Waals surface area contributed by atoms with Gasteiger partial charge in [0.1, 0.15) is 6.33 Å². The minimum Gasteiger partial charge on any atom is -0.313 e. The zero-order valence-electron chi connectivity index (χ0n) is 12.5. The topological polar surface area (TPSA) is 78.3 Å². The lowest BCUT2D eigenvalue weighted by atomic mass is 10.2. The molecule has 0 amide bonds. The highest BCUT2D eigenvalue weighted by Crippen LogP contribution is 2.12. The van der Waals surface area contributed by atoms with Crippen LogP contribution in [-0.2, 0) is 6.54 Å². The standard InChI is InChI=1S/C14H22N6O/c1-10(2)19(7-11-4-3-5-15-11)8-12-6-13(21)20-14(18-12)16-9-17-20/h6,9-11,15H,3-5,7-8H2,1-2H3,(H,16,17,18). The lowest BCUT2D eigenvalue weighted by Crippen LogP contribution is -2.41. The number of H-pyrrole nitrogens is 1. The highest BCUT2D eigenvalue weighted by atomic mass is 16.1. The van der Waals surface area contributed by atoms with E-state index in [9.17, 15) is 4.79 Å². The van der Waals surface area contributed by atoms with Crippen molar-refractivity contribution in [2.24, 2.45) is 0 Å². The Kier molecular flexibility index (Phi) is 4.03. The van der Waals surface area contributed by atoms with Gasteiger partial charge in [-0.05, 0) is 33.2 Å². The molecule has 1 atom stereocenters. The van der Waals surface area contributed by atoms with E-state index in [0.29, 0.717) is 24.4 Å². The Morgan fingerprint density at radius 3 is 3.10 bits per heavy atom. The van der Waals surface area contributed by atoms with Crippen LogP contribution in [-0.4, -0.2) is 49.7 Å². The molecule has 0 aromatic carbocycles. The summed E-state index contributed by atoms with van der Waals surface area (Å²) in [7, 11) is 0. The van der Waals surface area contributed by atoms with E-state index in [0.717, 1.165) is 18.8 Å². The van der Waals surface area contributed by atoms with E-state index < -0.39 is 0 Å². The van der Waals surface area contributed by atoms with Gasteiger partial charge in [0.2, 0.25) is 0 Å². The van der Waals surface area contributed by atoms with E-state index in [1.807, 2.05) is 0 Å². The molecule has 2 aromatic heterocycles. The van der Waals surface area contributed by atoms with Gasteiger partial charge < -0.3 is 5.32 Å². The van der Waals surface area contributed by atoms with Gasteiger partial charge in [-0.3, -0.25) is 14.8 Å². The monoisotopic (exact) mass is 290 g/mol. The van der Waals surface area contributed by atoms with Crippen molar-refractivity contribution in [3.05, 3.63) is 28.4 Å². The molecule has 1 fully saturated rings. The molecular formula is C14H22N6O. The largest absolute Gasteiger partial charge is 0.313 e. The number of nitrogens with one attached hydrogen (secondary N) is 2. The normalized spacial score (nSPS) is 19.1. The van der Waals surface area contributed by atoms with Gasteiger partial charge in [0.05, 0.1) is 5.69 Å². The Bertz CT molecular complexity index is 655. The van der Waals surface area contributed by atoms with Gasteiger partial charge in [-0.25, -0.2) is 9.97 Å². The highest BCUT2D eigenvalue weighted by Gasteiger charge is 2.20. The SMILES string of the molecule is CC(C)N(Cc1cc(=O)n2[nH]cnc2n1)CC1CCCN1. The number of hydrogen-bond donors (Lipinski definition) is 2. The predicted octanol–water partition coefficient (Wildman–Crippen LogP) is 0.380. The van der Waals surface area contributed by atoms with Crippen molar-refractivity contribution in [3.8, 4) is 0 Å². The van der Waals surface area contributed by atoms with Gasteiger partial charge in [-0.2, -0.15) is 4.52 Å². The van der Waals surface area contributed by atoms with Crippen LogP contribution in [0.4, 0.5) is 0 Å². The van der Waals surface area contributed by atoms with Crippen molar-refractivity contribution in [1.82, 2.24) is 29.8 Å². The first kappa shape index (κ1) is 14.2. The molecule has 3 heterocycles. The van der Waals surface area contributed by atoms with Crippen LogP contribution < -0.4 is 10.9 Å². The quantitative estimate of drug-likeness (QED) is 0.832. The maximum absolute atomic E-state index is 12.0. The summed E-state index contributed by atoms with van der Waals surface area (Å²) >= 11 is 0. The summed E-state index contributed by atoms with van der Waals surface area (Å²) in [5.74, 6) is 0.431. The fraction of sp³-hybridized carbons (Fsp3) is 0.643. The third-order valence-corrected chi connectivity index (χ3v) is 4.03. The lowest BCUT2D eigenvalue weighted by Gasteiger charge is -2.28. The molecule has 0 bridgehead atoms. The fourth-order valence-electron chi connectivity index (χ4n) is 2.81. The van der Waals surface area contributed by atoms with Crippen LogP contribution in [0.15, 0.2) is 17.2 Å². The van der Waals surface area contributed by atoms with E-state index in [2.05, 4.69) is 39.1 Å². The van der Waals surface area contributed by atoms with Crippen molar-refractivity contribution < 1.29 is 0 Å². The molecule has 2 aromatic rings. The minimum absolute atomic E-state index is 0.116. The third kappa shape index (κ3) is 3.14. The molecule has 21 heavy (non-hydrogen) atoms. The van der Waals surface area contributed by atoms with Crippen molar-refractivity contribution >= 4 is 5.78 Å². The van der Waals surface area contributed by atoms with Gasteiger partial charge in [-0.15, -0.1) is 0 Å². The van der Waals surface area contributed by atoms with Gasteiger partial charge in [0, 0.05) is 31.2 Å². The molecule has 7 nitrogen and oxygen atoms in total. The van der Waals surface area contributed by atoms with Gasteiger partial charge >= 0.3 is 0 Å². The zero-order valence-corrected chi connectivity index (χ0v) is 12.5. The van der Waals surface area contributed by atoms with Crippen molar-refractivity contribution in [2.75, 3.05) is 13.1 Å². The summed E-state index contributed by atoms with van der Waals surface area (Å²) in [6, 6.07) is 2.54. The number of rotatable bonds is 5. The predicted molar refractivity (Wildman–Crippen MR) is 80.2 cm³/mol. The molecular weight excluding hydrogens is 268 g/mol. The van der Waals surface area contributed by atoms with Crippen LogP contribution in [0.2, 0.25) is 0 Å². The average Bonchev–Trinajstić information content (AvgIpc) is 3.08. The maximum atomic E-state index is 12.0. The lowest BCUT2D eigenvalue weighted by molar-refractivity contribution is 0.192. The zero-order chi connectivity index (χ0) is 14.8. The van der Waals surface area contributed by atoms with Crippen LogP contribution in [0.25, 0.3) is 5.78 Å². The van der Waals surface area contributed by atoms with E-state index in [1.165, 1.54) is 23.7 Å². The summed E-state index contributed by atoms with van der Waals surface area (Å²) in [5.41, 5.74) is 0.661. The minimum atomic E-state index is -0.116. The van der Waals surface area contributed by atoms with Crippen molar-refractivity contribution in [1.29, 1.82) is 0 Å². The Labute approximate surface area is 123 Å². The Morgan fingerprint density at radius 1 is 1.52 bits per heavy atom. The van der Waals surface area contributed by atoms with Crippen molar-refractivity contribution in [2.45, 2.75) is 45.3 Å². The molecule has 2 N–H and O–H groups in total. The second-order valence-electron chi connectivity index (χ2n) is 5.92. The average molecular weight is 290 g/mol. The third-order valence-electron chi connectivity index (χ3n) is 4.03. The van der Waals surface area contributed by atoms with Gasteiger partial charge in [-0.1, -0.05) is 0 Å². The number of aromatic nitrogens is 4. The van der Waals surface area contributed by atoms with Crippen LogP contribution in [0.3, 0.4) is 0 Å². The second kappa shape index (κ2) is 5.95. The first-order chi connectivity index (χ1) is 10.1. The molecule has 7 heteroatoms. The summed E-state index contributed by atoms with van der Waals surface area (Å²) in [5, 5.41) is 6.28. The molecule has 1 aliphatic heterocycles. The number of hydrogen-bond acceptors (Lipinski definition) is 5. The molecule has 0 aliphatic carbocycles. The number of nitrogens with zero attached hydrogens (tertiary/aromatic N) is 4. The van der Waals surface area contributed by atoms with Gasteiger partial charge in [0.25, 0.3) is 11.3 Å². The van der Waals surface area contributed by atoms with Crippen LogP contribution in [0, 0.1) is 0 Å². The van der Waals surface area contributed by atoms with E-state index in [4.69, 9.17) is 0 Å². The molecule has 1 saturated heterocycles. The maximum Gasteiger partial charge on any atom is 0.274 e. The van der Waals surface area contributed by atoms with Gasteiger partial charge in [0.15, 0.2) is 0 Å². The second-order valence-corrected chi connectivity index (χ2v) is 5.92. The Hall–Kier alpha value is -1.73. The summed E-state index contributed by atoms with van der Waals surface area (Å²) < 4.78 is 1.35. The smallest absolute Gasteiger partial charge is 0.274 e. The molecule has 0 radical (unpaired) electrons. The first-order valence-corrected chi connectivity index (χ1v) is 7.53. The Balaban J connectivity index is 1.78. The number of fused-ring (bicyclic) bond motifs is 1. The first-order valence-electron chi connectivity index (χ1n) is 7.53. The van der Waals surface area contributed by atoms with E-state index >= 15 is 0 Å². The summed E-state index contributed by atoms with van der Waals surface area (Å²) in [4.78, 5) is 22.8. The summed E-state index contributed by atoms with van der Waals surface area (Å²) in [6.45, 7) is 7.12. The fourth-order valence-corrected chi connectivity index (χ4v) is 2.81. The molecule has 0 spiro atoms. The summed E-state index contributed by atoms with van der Waals surface area (Å²) in [6.07, 6.45) is 3.95. The molecule has 0 saturated carbocycles. The van der Waals surface area contributed by atoms with Crippen LogP contribution in [0.5, 0.6) is 0 Å². The van der Waals surface area contributed by atoms with Crippen molar-refractivity contribution in [3.63, 3.8) is 0 Å². The Morgan fingerprint density at radius 2 is 2.38 bits per heavy atom. The molecule has 1 unspecified atom stereocenters. The molecule has 1 aliphatic rings. The van der Waals surface area contributed by atoms with Crippen LogP contribution in [0.1, 0.15) is 32.4 Å². The number of aromatic amines is 1. The highest BCUT2D eigenvalue weighted by molar-refractivity contribution is 5.26.